The van der Waals surface area contributed by atoms with Gasteiger partial charge in [0.25, 0.3) is 5.69 Å². The van der Waals surface area contributed by atoms with Gasteiger partial charge in [-0.3, -0.25) is 10.1 Å². The number of hydrogen-bond donors (Lipinski definition) is 0. The minimum absolute atomic E-state index is 0.146. The molecule has 0 spiro atoms. The van der Waals surface area contributed by atoms with Gasteiger partial charge in [0.1, 0.15) is 5.69 Å². The van der Waals surface area contributed by atoms with Crippen LogP contribution in [-0.4, -0.2) is 11.5 Å². The van der Waals surface area contributed by atoms with Crippen LogP contribution >= 0.6 is 0 Å². The fraction of sp³-hybridized carbons (Fsp3) is 0.250. The van der Waals surface area contributed by atoms with E-state index in [2.05, 4.69) is 6.92 Å². The maximum Gasteiger partial charge on any atom is 0.292 e. The Morgan fingerprint density at radius 3 is 2.35 bits per heavy atom. The van der Waals surface area contributed by atoms with Crippen LogP contribution in [0.3, 0.4) is 0 Å². The molecular formula is C16H18N2O2. The first kappa shape index (κ1) is 14.1. The van der Waals surface area contributed by atoms with Crippen molar-refractivity contribution >= 4 is 17.1 Å². The number of anilines is 2. The highest BCUT2D eigenvalue weighted by Crippen LogP contribution is 2.33. The molecule has 4 heteroatoms. The predicted molar refractivity (Wildman–Crippen MR) is 81.5 cm³/mol. The van der Waals surface area contributed by atoms with Crippen LogP contribution in [0, 0.1) is 10.1 Å². The summed E-state index contributed by atoms with van der Waals surface area (Å²) in [4.78, 5) is 12.9. The number of unbranched alkanes of at least 4 members (excludes halogenated alkanes) is 1. The summed E-state index contributed by atoms with van der Waals surface area (Å²) in [6.45, 7) is 2.88. The Balaban J connectivity index is 2.44. The van der Waals surface area contributed by atoms with Crippen LogP contribution in [0.15, 0.2) is 54.6 Å². The standard InChI is InChI=1S/C16H18N2O2/c1-2-3-13-17(14-9-5-4-6-10-14)15-11-7-8-12-16(15)18(19)20/h4-12H,2-3,13H2,1H3. The number of nitro benzene ring substituents is 1. The number of hydrogen-bond acceptors (Lipinski definition) is 3. The van der Waals surface area contributed by atoms with E-state index in [0.717, 1.165) is 25.1 Å². The van der Waals surface area contributed by atoms with E-state index in [9.17, 15) is 10.1 Å². The zero-order valence-electron chi connectivity index (χ0n) is 11.5. The Kier molecular flexibility index (Phi) is 4.71. The third kappa shape index (κ3) is 3.15. The summed E-state index contributed by atoms with van der Waals surface area (Å²) >= 11 is 0. The van der Waals surface area contributed by atoms with Crippen molar-refractivity contribution in [2.75, 3.05) is 11.4 Å². The van der Waals surface area contributed by atoms with Crippen LogP contribution in [0.4, 0.5) is 17.1 Å². The summed E-state index contributed by atoms with van der Waals surface area (Å²) < 4.78 is 0. The number of benzene rings is 2. The molecule has 0 aliphatic rings. The third-order valence-electron chi connectivity index (χ3n) is 3.17. The molecule has 0 aliphatic carbocycles. The first-order valence-corrected chi connectivity index (χ1v) is 6.80. The molecule has 0 aliphatic heterocycles. The van der Waals surface area contributed by atoms with Crippen LogP contribution in [0.5, 0.6) is 0 Å². The van der Waals surface area contributed by atoms with Gasteiger partial charge >= 0.3 is 0 Å². The molecule has 0 unspecified atom stereocenters. The summed E-state index contributed by atoms with van der Waals surface area (Å²) in [7, 11) is 0. The third-order valence-corrected chi connectivity index (χ3v) is 3.17. The van der Waals surface area contributed by atoms with E-state index in [1.165, 1.54) is 0 Å². The van der Waals surface area contributed by atoms with E-state index in [4.69, 9.17) is 0 Å². The van der Waals surface area contributed by atoms with Crippen LogP contribution in [0.1, 0.15) is 19.8 Å². The molecule has 2 aromatic carbocycles. The number of para-hydroxylation sites is 3. The van der Waals surface area contributed by atoms with Gasteiger partial charge in [0.05, 0.1) is 4.92 Å². The molecule has 20 heavy (non-hydrogen) atoms. The normalized spacial score (nSPS) is 10.2. The van der Waals surface area contributed by atoms with Gasteiger partial charge in [-0.25, -0.2) is 0 Å². The Morgan fingerprint density at radius 2 is 1.70 bits per heavy atom. The van der Waals surface area contributed by atoms with E-state index in [-0.39, 0.29) is 10.6 Å². The van der Waals surface area contributed by atoms with Crippen molar-refractivity contribution in [2.45, 2.75) is 19.8 Å². The molecular weight excluding hydrogens is 252 g/mol. The zero-order valence-corrected chi connectivity index (χ0v) is 11.5. The molecule has 0 amide bonds. The highest BCUT2D eigenvalue weighted by Gasteiger charge is 2.19. The lowest BCUT2D eigenvalue weighted by molar-refractivity contribution is -0.384. The van der Waals surface area contributed by atoms with Crippen molar-refractivity contribution < 1.29 is 4.92 Å². The average Bonchev–Trinajstić information content (AvgIpc) is 2.49. The molecule has 0 atom stereocenters. The molecule has 0 saturated heterocycles. The molecule has 2 aromatic rings. The predicted octanol–water partition coefficient (Wildman–Crippen LogP) is 4.53. The number of rotatable bonds is 6. The molecule has 0 heterocycles. The van der Waals surface area contributed by atoms with E-state index in [1.54, 1.807) is 18.2 Å². The smallest absolute Gasteiger partial charge is 0.292 e. The van der Waals surface area contributed by atoms with E-state index < -0.39 is 0 Å². The average molecular weight is 270 g/mol. The van der Waals surface area contributed by atoms with Crippen LogP contribution in [0.25, 0.3) is 0 Å². The minimum Gasteiger partial charge on any atom is -0.336 e. The molecule has 2 rings (SSSR count). The van der Waals surface area contributed by atoms with Crippen LogP contribution in [0.2, 0.25) is 0 Å². The van der Waals surface area contributed by atoms with Gasteiger partial charge in [0.2, 0.25) is 0 Å². The molecule has 0 saturated carbocycles. The van der Waals surface area contributed by atoms with E-state index >= 15 is 0 Å². The van der Waals surface area contributed by atoms with Gasteiger partial charge < -0.3 is 4.90 Å². The largest absolute Gasteiger partial charge is 0.336 e. The van der Waals surface area contributed by atoms with E-state index in [1.807, 2.05) is 41.3 Å². The van der Waals surface area contributed by atoms with Gasteiger partial charge in [-0.1, -0.05) is 43.7 Å². The number of nitro groups is 1. The van der Waals surface area contributed by atoms with Gasteiger partial charge in [-0.05, 0) is 24.6 Å². The highest BCUT2D eigenvalue weighted by atomic mass is 16.6. The summed E-state index contributed by atoms with van der Waals surface area (Å²) in [6, 6.07) is 16.7. The fourth-order valence-corrected chi connectivity index (χ4v) is 2.16. The molecule has 0 aromatic heterocycles. The van der Waals surface area contributed by atoms with Crippen molar-refractivity contribution in [3.63, 3.8) is 0 Å². The molecule has 0 fully saturated rings. The second-order valence-corrected chi connectivity index (χ2v) is 4.59. The molecule has 0 radical (unpaired) electrons. The lowest BCUT2D eigenvalue weighted by Crippen LogP contribution is -2.19. The lowest BCUT2D eigenvalue weighted by Gasteiger charge is -2.24. The van der Waals surface area contributed by atoms with Crippen molar-refractivity contribution in [1.29, 1.82) is 0 Å². The van der Waals surface area contributed by atoms with Crippen molar-refractivity contribution in [3.8, 4) is 0 Å². The van der Waals surface area contributed by atoms with Gasteiger partial charge in [-0.2, -0.15) is 0 Å². The summed E-state index contributed by atoms with van der Waals surface area (Å²) in [5.74, 6) is 0. The first-order valence-electron chi connectivity index (χ1n) is 6.80. The second kappa shape index (κ2) is 6.70. The Morgan fingerprint density at radius 1 is 1.05 bits per heavy atom. The van der Waals surface area contributed by atoms with E-state index in [0.29, 0.717) is 5.69 Å². The SMILES string of the molecule is CCCCN(c1ccccc1)c1ccccc1[N+](=O)[O-]. The van der Waals surface area contributed by atoms with Gasteiger partial charge in [0, 0.05) is 18.3 Å². The minimum atomic E-state index is -0.322. The highest BCUT2D eigenvalue weighted by molar-refractivity contribution is 5.71. The molecule has 0 N–H and O–H groups in total. The lowest BCUT2D eigenvalue weighted by atomic mass is 10.2. The summed E-state index contributed by atoms with van der Waals surface area (Å²) in [5, 5.41) is 11.2. The Hall–Kier alpha value is -2.36. The monoisotopic (exact) mass is 270 g/mol. The topological polar surface area (TPSA) is 46.4 Å². The molecule has 104 valence electrons. The molecule has 0 bridgehead atoms. The first-order chi connectivity index (χ1) is 9.74. The zero-order chi connectivity index (χ0) is 14.4. The number of nitrogens with zero attached hydrogens (tertiary/aromatic N) is 2. The maximum absolute atomic E-state index is 11.2. The Labute approximate surface area is 118 Å². The van der Waals surface area contributed by atoms with Crippen molar-refractivity contribution in [1.82, 2.24) is 0 Å². The maximum atomic E-state index is 11.2. The van der Waals surface area contributed by atoms with Crippen LogP contribution in [-0.2, 0) is 0 Å². The summed E-state index contributed by atoms with van der Waals surface area (Å²) in [5.41, 5.74) is 1.78. The van der Waals surface area contributed by atoms with Crippen molar-refractivity contribution in [3.05, 3.63) is 64.7 Å². The van der Waals surface area contributed by atoms with Gasteiger partial charge in [0.15, 0.2) is 0 Å². The fourth-order valence-electron chi connectivity index (χ4n) is 2.16. The second-order valence-electron chi connectivity index (χ2n) is 4.59. The quantitative estimate of drug-likeness (QED) is 0.572. The van der Waals surface area contributed by atoms with Crippen molar-refractivity contribution in [2.24, 2.45) is 0 Å². The summed E-state index contributed by atoms with van der Waals surface area (Å²) in [6.07, 6.45) is 2.03. The Bertz CT molecular complexity index is 570. The van der Waals surface area contributed by atoms with Gasteiger partial charge in [-0.15, -0.1) is 0 Å². The van der Waals surface area contributed by atoms with Crippen LogP contribution < -0.4 is 4.90 Å². The molecule has 4 nitrogen and oxygen atoms in total.